The van der Waals surface area contributed by atoms with Gasteiger partial charge in [0.25, 0.3) is 5.69 Å². The van der Waals surface area contributed by atoms with Gasteiger partial charge in [0.15, 0.2) is 0 Å². The fourth-order valence-corrected chi connectivity index (χ4v) is 3.95. The normalized spacial score (nSPS) is 14.8. The number of hydrogen-bond donors (Lipinski definition) is 1. The van der Waals surface area contributed by atoms with Crippen LogP contribution < -0.4 is 5.32 Å². The molecule has 1 aliphatic rings. The molecule has 0 atom stereocenters. The van der Waals surface area contributed by atoms with E-state index in [2.05, 4.69) is 10.3 Å². The van der Waals surface area contributed by atoms with E-state index < -0.39 is 22.0 Å². The van der Waals surface area contributed by atoms with Crippen molar-refractivity contribution in [1.29, 1.82) is 0 Å². The van der Waals surface area contributed by atoms with Crippen LogP contribution in [-0.2, 0) is 10.2 Å². The van der Waals surface area contributed by atoms with Gasteiger partial charge in [0.2, 0.25) is 0 Å². The lowest BCUT2D eigenvalue weighted by Crippen LogP contribution is -2.36. The van der Waals surface area contributed by atoms with Crippen molar-refractivity contribution in [3.05, 3.63) is 70.0 Å². The van der Waals surface area contributed by atoms with Crippen molar-refractivity contribution in [3.8, 4) is 17.1 Å². The number of halogens is 2. The highest BCUT2D eigenvalue weighted by molar-refractivity contribution is 5.83. The molecule has 30 heavy (non-hydrogen) atoms. The van der Waals surface area contributed by atoms with E-state index >= 15 is 0 Å². The molecular weight excluding hydrogens is 394 g/mol. The van der Waals surface area contributed by atoms with Crippen molar-refractivity contribution in [2.24, 2.45) is 0 Å². The minimum Gasteiger partial charge on any atom is -0.382 e. The lowest BCUT2D eigenvalue weighted by Gasteiger charge is -2.38. The van der Waals surface area contributed by atoms with Gasteiger partial charge in [-0.3, -0.25) is 14.7 Å². The van der Waals surface area contributed by atoms with Crippen LogP contribution in [0.4, 0.5) is 20.2 Å². The van der Waals surface area contributed by atoms with Gasteiger partial charge in [-0.1, -0.05) is 6.42 Å². The maximum atomic E-state index is 14.4. The number of benzene rings is 2. The molecule has 1 fully saturated rings. The Balaban J connectivity index is 1.95. The second kappa shape index (κ2) is 7.33. The predicted molar refractivity (Wildman–Crippen MR) is 107 cm³/mol. The number of carbonyl (C=O) groups excluding carboxylic acids is 1. The average molecular weight is 412 g/mol. The van der Waals surface area contributed by atoms with Crippen molar-refractivity contribution < 1.29 is 18.5 Å². The summed E-state index contributed by atoms with van der Waals surface area (Å²) in [5, 5.41) is 14.6. The Bertz CT molecular complexity index is 1160. The zero-order chi connectivity index (χ0) is 21.5. The van der Waals surface area contributed by atoms with Gasteiger partial charge in [-0.05, 0) is 36.6 Å². The highest BCUT2D eigenvalue weighted by atomic mass is 19.1. The number of rotatable bonds is 6. The second-order valence-corrected chi connectivity index (χ2v) is 7.27. The molecule has 2 aromatic carbocycles. The third kappa shape index (κ3) is 3.02. The maximum absolute atomic E-state index is 14.4. The summed E-state index contributed by atoms with van der Waals surface area (Å²) in [6.45, 7) is 0. The highest BCUT2D eigenvalue weighted by Gasteiger charge is 2.42. The monoisotopic (exact) mass is 412 g/mol. The summed E-state index contributed by atoms with van der Waals surface area (Å²) in [6, 6.07) is 6.17. The summed E-state index contributed by atoms with van der Waals surface area (Å²) >= 11 is 0. The van der Waals surface area contributed by atoms with E-state index in [-0.39, 0.29) is 22.9 Å². The van der Waals surface area contributed by atoms with Gasteiger partial charge in [-0.15, -0.1) is 0 Å². The van der Waals surface area contributed by atoms with Gasteiger partial charge in [0, 0.05) is 37.1 Å². The molecule has 1 N–H and O–H groups in total. The van der Waals surface area contributed by atoms with Gasteiger partial charge in [0.1, 0.15) is 29.4 Å². The molecule has 3 aromatic rings. The Morgan fingerprint density at radius 3 is 2.60 bits per heavy atom. The first kappa shape index (κ1) is 19.7. The summed E-state index contributed by atoms with van der Waals surface area (Å²) < 4.78 is 29.1. The number of hydrogen-bond acceptors (Lipinski definition) is 5. The Hall–Kier alpha value is -3.62. The number of carbonyl (C=O) groups is 1. The Morgan fingerprint density at radius 1 is 1.27 bits per heavy atom. The summed E-state index contributed by atoms with van der Waals surface area (Å²) in [4.78, 5) is 27.4. The van der Waals surface area contributed by atoms with Gasteiger partial charge in [-0.25, -0.2) is 13.8 Å². The molecule has 4 rings (SSSR count). The molecule has 1 aliphatic carbocycles. The number of nitrogens with one attached hydrogen (secondary N) is 1. The summed E-state index contributed by atoms with van der Waals surface area (Å²) in [7, 11) is 1.57. The lowest BCUT2D eigenvalue weighted by molar-refractivity contribution is -0.384. The summed E-state index contributed by atoms with van der Waals surface area (Å²) in [5.41, 5.74) is 0.202. The fourth-order valence-electron chi connectivity index (χ4n) is 3.95. The van der Waals surface area contributed by atoms with Crippen LogP contribution >= 0.6 is 0 Å². The van der Waals surface area contributed by atoms with E-state index in [0.29, 0.717) is 24.0 Å². The molecule has 7 nitrogen and oxygen atoms in total. The van der Waals surface area contributed by atoms with Crippen LogP contribution in [-0.4, -0.2) is 27.8 Å². The van der Waals surface area contributed by atoms with Gasteiger partial charge in [-0.2, -0.15) is 0 Å². The van der Waals surface area contributed by atoms with Crippen LogP contribution in [0.2, 0.25) is 0 Å². The smallest absolute Gasteiger partial charge is 0.293 e. The number of imidazole rings is 1. The molecule has 1 heterocycles. The van der Waals surface area contributed by atoms with E-state index in [0.717, 1.165) is 24.8 Å². The second-order valence-electron chi connectivity index (χ2n) is 7.27. The maximum Gasteiger partial charge on any atom is 0.293 e. The Kier molecular flexibility index (Phi) is 4.81. The predicted octanol–water partition coefficient (Wildman–Crippen LogP) is 4.39. The van der Waals surface area contributed by atoms with Crippen molar-refractivity contribution in [2.45, 2.75) is 24.7 Å². The molecule has 154 valence electrons. The number of aromatic nitrogens is 2. The summed E-state index contributed by atoms with van der Waals surface area (Å²) in [6.07, 6.45) is 5.78. The lowest BCUT2D eigenvalue weighted by atomic mass is 9.64. The van der Waals surface area contributed by atoms with Crippen molar-refractivity contribution in [1.82, 2.24) is 9.55 Å². The van der Waals surface area contributed by atoms with Gasteiger partial charge >= 0.3 is 0 Å². The SMILES string of the molecule is CNc1c([N+](=O)[O-])cc(-c2nccn2-c2ccc(F)cc2F)cc1C1(C=O)CCC1. The third-order valence-corrected chi connectivity index (χ3v) is 5.64. The molecule has 1 saturated carbocycles. The molecule has 0 amide bonds. The van der Waals surface area contributed by atoms with Crippen molar-refractivity contribution >= 4 is 17.7 Å². The zero-order valence-corrected chi connectivity index (χ0v) is 16.1. The standard InChI is InChI=1S/C21H18F2N4O3/c1-24-19-15(21(12-28)5-2-6-21)9-13(10-18(19)27(29)30)20-25-7-8-26(20)17-4-3-14(22)11-16(17)23/h3-4,7-12,24H,2,5-6H2,1H3. The molecule has 0 aliphatic heterocycles. The quantitative estimate of drug-likeness (QED) is 0.368. The molecule has 0 unspecified atom stereocenters. The molecule has 0 saturated heterocycles. The first-order valence-electron chi connectivity index (χ1n) is 9.36. The highest BCUT2D eigenvalue weighted by Crippen LogP contribution is 2.48. The van der Waals surface area contributed by atoms with Crippen LogP contribution in [0.5, 0.6) is 0 Å². The number of anilines is 1. The molecular formula is C21H18F2N4O3. The minimum atomic E-state index is -0.808. The molecule has 9 heteroatoms. The number of nitro benzene ring substituents is 1. The van der Waals surface area contributed by atoms with Gasteiger partial charge in [0.05, 0.1) is 16.0 Å². The first-order chi connectivity index (χ1) is 14.4. The van der Waals surface area contributed by atoms with E-state index in [1.807, 2.05) is 0 Å². The molecule has 0 radical (unpaired) electrons. The fraction of sp³-hybridized carbons (Fsp3) is 0.238. The number of nitrogens with zero attached hydrogens (tertiary/aromatic N) is 3. The topological polar surface area (TPSA) is 90.1 Å². The van der Waals surface area contributed by atoms with Crippen LogP contribution in [0.3, 0.4) is 0 Å². The molecule has 1 aromatic heterocycles. The zero-order valence-electron chi connectivity index (χ0n) is 16.1. The number of aldehydes is 1. The first-order valence-corrected chi connectivity index (χ1v) is 9.36. The van der Waals surface area contributed by atoms with Crippen LogP contribution in [0.15, 0.2) is 42.7 Å². The van der Waals surface area contributed by atoms with E-state index in [1.54, 1.807) is 13.1 Å². The van der Waals surface area contributed by atoms with Crippen LogP contribution in [0.25, 0.3) is 17.1 Å². The van der Waals surface area contributed by atoms with Crippen LogP contribution in [0.1, 0.15) is 24.8 Å². The van der Waals surface area contributed by atoms with E-state index in [9.17, 15) is 23.7 Å². The van der Waals surface area contributed by atoms with E-state index in [4.69, 9.17) is 0 Å². The third-order valence-electron chi connectivity index (χ3n) is 5.64. The van der Waals surface area contributed by atoms with E-state index in [1.165, 1.54) is 29.1 Å². The number of nitro groups is 1. The summed E-state index contributed by atoms with van der Waals surface area (Å²) in [5.74, 6) is -1.26. The van der Waals surface area contributed by atoms with Crippen molar-refractivity contribution in [2.75, 3.05) is 12.4 Å². The largest absolute Gasteiger partial charge is 0.382 e. The molecule has 0 bridgehead atoms. The minimum absolute atomic E-state index is 0.0551. The van der Waals surface area contributed by atoms with Crippen molar-refractivity contribution in [3.63, 3.8) is 0 Å². The average Bonchev–Trinajstić information content (AvgIpc) is 3.16. The Morgan fingerprint density at radius 2 is 2.03 bits per heavy atom. The van der Waals surface area contributed by atoms with Crippen LogP contribution in [0, 0.1) is 21.7 Å². The van der Waals surface area contributed by atoms with Gasteiger partial charge < -0.3 is 10.1 Å². The Labute approximate surface area is 170 Å². The molecule has 0 spiro atoms.